The number of carbonyl (C=O) groups is 7. The molecule has 1 aliphatic carbocycles. The summed E-state index contributed by atoms with van der Waals surface area (Å²) in [6, 6.07) is 9.13. The standard InChI is InChI=1S/C48H64N8O10S/c1-28(2)67(65,66)35-13-9-32(10-14-35)26-50-44(60)36(15-19-41(49)57)51-45(61)38-17-12-34-21-22-54(27-29(3)47(63)55(34)38)43(59)25-31-7-5-30(6-8-31)23-33-11-16-37-40(24-33)53(4)48(64)56(37)39-18-20-42(58)52-46(39)62/h9-11,13-14,16,24,28-31,34,36,38-39H,5-8,12,15,17-23,25-27H2,1-4H3,(H2,49,57)(H,50,60)(H,51,61)(H,52,58,62)/t29-,30-,31+,34+,36-,38-,39?/m0/s1. The Kier molecular flexibility index (Phi) is 15.1. The third kappa shape index (κ3) is 11.0. The normalized spacial score (nSPS) is 24.2. The number of sulfone groups is 1. The van der Waals surface area contributed by atoms with Crippen molar-refractivity contribution in [2.45, 2.75) is 145 Å². The molecule has 0 radical (unpaired) electrons. The fourth-order valence-electron chi connectivity index (χ4n) is 10.4. The summed E-state index contributed by atoms with van der Waals surface area (Å²) >= 11 is 0. The fraction of sp³-hybridized carbons (Fsp3) is 0.583. The largest absolute Gasteiger partial charge is 0.370 e. The number of aromatic nitrogens is 2. The number of primary amides is 1. The van der Waals surface area contributed by atoms with Gasteiger partial charge >= 0.3 is 5.69 Å². The third-order valence-corrected chi connectivity index (χ3v) is 16.5. The zero-order chi connectivity index (χ0) is 48.3. The van der Waals surface area contributed by atoms with E-state index in [2.05, 4.69) is 16.0 Å². The van der Waals surface area contributed by atoms with Gasteiger partial charge in [-0.2, -0.15) is 0 Å². The highest BCUT2D eigenvalue weighted by molar-refractivity contribution is 7.92. The quantitative estimate of drug-likeness (QED) is 0.162. The fourth-order valence-corrected chi connectivity index (χ4v) is 11.4. The molecule has 1 unspecified atom stereocenters. The second-order valence-electron chi connectivity index (χ2n) is 19.3. The molecule has 3 aliphatic heterocycles. The Morgan fingerprint density at radius 3 is 2.22 bits per heavy atom. The smallest absolute Gasteiger partial charge is 0.329 e. The number of fused-ring (bicyclic) bond motifs is 2. The molecule has 362 valence electrons. The average molecular weight is 945 g/mol. The van der Waals surface area contributed by atoms with Crippen molar-refractivity contribution in [1.82, 2.24) is 34.9 Å². The van der Waals surface area contributed by atoms with E-state index < -0.39 is 62.8 Å². The molecule has 67 heavy (non-hydrogen) atoms. The summed E-state index contributed by atoms with van der Waals surface area (Å²) in [6.45, 7) is 5.70. The van der Waals surface area contributed by atoms with Crippen molar-refractivity contribution in [3.63, 3.8) is 0 Å². The molecule has 4 fully saturated rings. The van der Waals surface area contributed by atoms with Crippen molar-refractivity contribution in [2.24, 2.45) is 30.5 Å². The van der Waals surface area contributed by atoms with Crippen LogP contribution in [-0.4, -0.2) is 105 Å². The van der Waals surface area contributed by atoms with Crippen LogP contribution in [0.3, 0.4) is 0 Å². The van der Waals surface area contributed by atoms with Crippen molar-refractivity contribution in [2.75, 3.05) is 13.1 Å². The number of hydrogen-bond acceptors (Lipinski definition) is 10. The van der Waals surface area contributed by atoms with Gasteiger partial charge in [0.05, 0.1) is 27.1 Å². The van der Waals surface area contributed by atoms with Crippen LogP contribution in [0.5, 0.6) is 0 Å². The van der Waals surface area contributed by atoms with Crippen LogP contribution in [0.2, 0.25) is 0 Å². The number of nitrogens with zero attached hydrogens (tertiary/aromatic N) is 4. The molecule has 7 amide bonds. The SMILES string of the molecule is CC(C)S(=O)(=O)c1ccc(CNC(=O)[C@H](CCC(N)=O)NC(=O)[C@@H]2CC[C@@H]3CCN(C(=O)C[C@H]4CC[C@@H](Cc5ccc6c(c5)n(C)c(=O)n6C5CCC(=O)NC5=O)CC4)C[C@H](C)C(=O)N32)cc1. The lowest BCUT2D eigenvalue weighted by atomic mass is 9.78. The molecular weight excluding hydrogens is 881 g/mol. The van der Waals surface area contributed by atoms with E-state index in [-0.39, 0.29) is 79.0 Å². The molecule has 0 bridgehead atoms. The van der Waals surface area contributed by atoms with Crippen molar-refractivity contribution in [3.05, 3.63) is 64.1 Å². The predicted octanol–water partition coefficient (Wildman–Crippen LogP) is 2.53. The van der Waals surface area contributed by atoms with E-state index in [0.29, 0.717) is 49.2 Å². The van der Waals surface area contributed by atoms with Crippen molar-refractivity contribution in [3.8, 4) is 0 Å². The third-order valence-electron chi connectivity index (χ3n) is 14.3. The number of benzene rings is 2. The van der Waals surface area contributed by atoms with Crippen molar-refractivity contribution in [1.29, 1.82) is 0 Å². The molecule has 5 N–H and O–H groups in total. The van der Waals surface area contributed by atoms with E-state index in [4.69, 9.17) is 5.73 Å². The Labute approximate surface area is 390 Å². The van der Waals surface area contributed by atoms with Crippen LogP contribution >= 0.6 is 0 Å². The lowest BCUT2D eigenvalue weighted by Crippen LogP contribution is -2.57. The summed E-state index contributed by atoms with van der Waals surface area (Å²) < 4.78 is 28.1. The van der Waals surface area contributed by atoms with E-state index in [1.54, 1.807) is 54.3 Å². The summed E-state index contributed by atoms with van der Waals surface area (Å²) in [6.07, 6.45) is 6.60. The highest BCUT2D eigenvalue weighted by Crippen LogP contribution is 2.35. The van der Waals surface area contributed by atoms with E-state index in [1.165, 1.54) is 16.7 Å². The molecule has 3 saturated heterocycles. The number of carbonyl (C=O) groups excluding carboxylic acids is 7. The summed E-state index contributed by atoms with van der Waals surface area (Å²) in [5.41, 5.74) is 8.23. The number of imide groups is 1. The summed E-state index contributed by atoms with van der Waals surface area (Å²) in [7, 11) is -1.78. The van der Waals surface area contributed by atoms with Crippen molar-refractivity contribution >= 4 is 62.2 Å². The van der Waals surface area contributed by atoms with E-state index in [0.717, 1.165) is 43.2 Å². The first-order valence-electron chi connectivity index (χ1n) is 23.6. The molecule has 1 aromatic heterocycles. The average Bonchev–Trinajstić information content (AvgIpc) is 3.82. The highest BCUT2D eigenvalue weighted by Gasteiger charge is 2.45. The molecule has 18 nitrogen and oxygen atoms in total. The van der Waals surface area contributed by atoms with Gasteiger partial charge in [-0.25, -0.2) is 13.2 Å². The van der Waals surface area contributed by atoms with Gasteiger partial charge in [0.2, 0.25) is 41.4 Å². The zero-order valence-corrected chi connectivity index (χ0v) is 39.6. The maximum absolute atomic E-state index is 14.0. The molecular formula is C48H64N8O10S. The summed E-state index contributed by atoms with van der Waals surface area (Å²) in [5.74, 6) is -2.64. The van der Waals surface area contributed by atoms with Crippen molar-refractivity contribution < 1.29 is 42.0 Å². The van der Waals surface area contributed by atoms with E-state index >= 15 is 0 Å². The lowest BCUT2D eigenvalue weighted by Gasteiger charge is -2.38. The predicted molar refractivity (Wildman–Crippen MR) is 247 cm³/mol. The molecule has 3 aromatic rings. The second kappa shape index (κ2) is 20.6. The minimum Gasteiger partial charge on any atom is -0.370 e. The molecule has 7 rings (SSSR count). The number of piperidine rings is 1. The minimum absolute atomic E-state index is 0.0237. The van der Waals surface area contributed by atoms with Gasteiger partial charge < -0.3 is 26.2 Å². The lowest BCUT2D eigenvalue weighted by molar-refractivity contribution is -0.147. The number of nitrogens with one attached hydrogen (secondary N) is 3. The topological polar surface area (TPSA) is 249 Å². The van der Waals surface area contributed by atoms with Crippen LogP contribution in [0.25, 0.3) is 11.0 Å². The molecule has 0 spiro atoms. The molecule has 5 atom stereocenters. The van der Waals surface area contributed by atoms with Crippen LogP contribution in [0.4, 0.5) is 0 Å². The number of hydrogen-bond donors (Lipinski definition) is 4. The van der Waals surface area contributed by atoms with Gasteiger partial charge in [-0.1, -0.05) is 25.1 Å². The van der Waals surface area contributed by atoms with Crippen LogP contribution < -0.4 is 27.4 Å². The second-order valence-corrected chi connectivity index (χ2v) is 21.8. The van der Waals surface area contributed by atoms with E-state index in [1.807, 2.05) is 18.2 Å². The van der Waals surface area contributed by atoms with Crippen LogP contribution in [0.1, 0.15) is 115 Å². The Bertz CT molecular complexity index is 2580. The highest BCUT2D eigenvalue weighted by atomic mass is 32.2. The monoisotopic (exact) mass is 944 g/mol. The maximum atomic E-state index is 14.0. The van der Waals surface area contributed by atoms with Gasteiger partial charge in [-0.3, -0.25) is 48.0 Å². The number of rotatable bonds is 15. The Morgan fingerprint density at radius 2 is 1.55 bits per heavy atom. The Hall–Kier alpha value is -5.85. The number of imidazole rings is 1. The number of nitrogens with two attached hydrogens (primary N) is 1. The maximum Gasteiger partial charge on any atom is 0.329 e. The number of amides is 7. The minimum atomic E-state index is -3.47. The first-order valence-corrected chi connectivity index (χ1v) is 25.2. The first kappa shape index (κ1) is 49.1. The number of aryl methyl sites for hydroxylation is 1. The van der Waals surface area contributed by atoms with Crippen LogP contribution in [0.15, 0.2) is 52.2 Å². The Morgan fingerprint density at radius 1 is 0.866 bits per heavy atom. The van der Waals surface area contributed by atoms with Gasteiger partial charge in [0, 0.05) is 52.0 Å². The zero-order valence-electron chi connectivity index (χ0n) is 38.8. The van der Waals surface area contributed by atoms with Gasteiger partial charge in [-0.05, 0) is 125 Å². The van der Waals surface area contributed by atoms with Gasteiger partial charge in [0.15, 0.2) is 9.84 Å². The molecule has 4 heterocycles. The molecule has 4 aliphatic rings. The first-order chi connectivity index (χ1) is 31.8. The molecule has 19 heteroatoms. The van der Waals surface area contributed by atoms with Gasteiger partial charge in [0.1, 0.15) is 18.1 Å². The van der Waals surface area contributed by atoms with Crippen LogP contribution in [0, 0.1) is 17.8 Å². The summed E-state index contributed by atoms with van der Waals surface area (Å²) in [4.78, 5) is 108. The van der Waals surface area contributed by atoms with Gasteiger partial charge in [-0.15, -0.1) is 0 Å². The summed E-state index contributed by atoms with van der Waals surface area (Å²) in [5, 5.41) is 7.30. The molecule has 1 saturated carbocycles. The van der Waals surface area contributed by atoms with Crippen LogP contribution in [-0.2, 0) is 63.4 Å². The van der Waals surface area contributed by atoms with E-state index in [9.17, 15) is 46.8 Å². The van der Waals surface area contributed by atoms with Gasteiger partial charge in [0.25, 0.3) is 0 Å². The molecule has 2 aromatic carbocycles. The Balaban J connectivity index is 0.900.